The van der Waals surface area contributed by atoms with Gasteiger partial charge in [0, 0.05) is 31.1 Å². The fourth-order valence-corrected chi connectivity index (χ4v) is 2.83. The Labute approximate surface area is 168 Å². The molecule has 0 saturated heterocycles. The molecule has 3 rings (SSSR count). The predicted octanol–water partition coefficient (Wildman–Crippen LogP) is 2.49. The van der Waals surface area contributed by atoms with E-state index in [9.17, 15) is 9.59 Å². The lowest BCUT2D eigenvalue weighted by molar-refractivity contribution is -0.116. The number of methoxy groups -OCH3 is 1. The largest absolute Gasteiger partial charge is 0.492 e. The first-order valence-electron chi connectivity index (χ1n) is 9.14. The Morgan fingerprint density at radius 3 is 2.66 bits per heavy atom. The van der Waals surface area contributed by atoms with Crippen molar-refractivity contribution < 1.29 is 14.3 Å². The van der Waals surface area contributed by atoms with Crippen LogP contribution in [0.2, 0.25) is 0 Å². The van der Waals surface area contributed by atoms with Gasteiger partial charge in [-0.05, 0) is 31.2 Å². The highest BCUT2D eigenvalue weighted by molar-refractivity contribution is 5.92. The zero-order chi connectivity index (χ0) is 20.6. The number of para-hydroxylation sites is 2. The smallest absolute Gasteiger partial charge is 0.254 e. The fraction of sp³-hybridized carbons (Fsp3) is 0.238. The summed E-state index contributed by atoms with van der Waals surface area (Å²) in [5.41, 5.74) is 1.37. The van der Waals surface area contributed by atoms with Crippen molar-refractivity contribution in [3.05, 3.63) is 70.9 Å². The summed E-state index contributed by atoms with van der Waals surface area (Å²) >= 11 is 0. The summed E-state index contributed by atoms with van der Waals surface area (Å²) in [7, 11) is 1.53. The van der Waals surface area contributed by atoms with Gasteiger partial charge in [-0.15, -0.1) is 0 Å². The van der Waals surface area contributed by atoms with Crippen molar-refractivity contribution in [1.82, 2.24) is 14.5 Å². The van der Waals surface area contributed by atoms with Gasteiger partial charge in [-0.2, -0.15) is 0 Å². The molecule has 0 bridgehead atoms. The van der Waals surface area contributed by atoms with Crippen LogP contribution in [-0.4, -0.2) is 34.2 Å². The average Bonchev–Trinajstić information content (AvgIpc) is 2.72. The van der Waals surface area contributed by atoms with Crippen molar-refractivity contribution in [3.63, 3.8) is 0 Å². The minimum absolute atomic E-state index is 0.197. The molecule has 1 amide bonds. The number of pyridine rings is 1. The molecule has 0 aliphatic heterocycles. The number of benzene rings is 1. The van der Waals surface area contributed by atoms with E-state index in [2.05, 4.69) is 15.3 Å². The SMILES string of the molecule is CCOc1ccccc1NC(=O)Cn1c(-c2ccncc2)nc(COC)cc1=O. The summed E-state index contributed by atoms with van der Waals surface area (Å²) in [6, 6.07) is 12.0. The van der Waals surface area contributed by atoms with E-state index >= 15 is 0 Å². The van der Waals surface area contributed by atoms with Gasteiger partial charge in [0.15, 0.2) is 0 Å². The highest BCUT2D eigenvalue weighted by atomic mass is 16.5. The molecule has 0 fully saturated rings. The van der Waals surface area contributed by atoms with Crippen LogP contribution in [0.25, 0.3) is 11.4 Å². The molecule has 0 spiro atoms. The van der Waals surface area contributed by atoms with Crippen molar-refractivity contribution in [2.24, 2.45) is 0 Å². The van der Waals surface area contributed by atoms with Crippen LogP contribution in [0.4, 0.5) is 5.69 Å². The number of amides is 1. The van der Waals surface area contributed by atoms with E-state index in [1.165, 1.54) is 17.7 Å². The summed E-state index contributed by atoms with van der Waals surface area (Å²) in [5, 5.41) is 2.80. The topological polar surface area (TPSA) is 95.3 Å². The number of aromatic nitrogens is 3. The first-order valence-corrected chi connectivity index (χ1v) is 9.14. The van der Waals surface area contributed by atoms with Gasteiger partial charge < -0.3 is 14.8 Å². The Kier molecular flexibility index (Phi) is 6.70. The minimum Gasteiger partial charge on any atom is -0.492 e. The molecule has 0 unspecified atom stereocenters. The first-order chi connectivity index (χ1) is 14.1. The summed E-state index contributed by atoms with van der Waals surface area (Å²) in [6.45, 7) is 2.34. The fourth-order valence-electron chi connectivity index (χ4n) is 2.83. The zero-order valence-corrected chi connectivity index (χ0v) is 16.3. The second-order valence-corrected chi connectivity index (χ2v) is 6.14. The first kappa shape index (κ1) is 20.2. The highest BCUT2D eigenvalue weighted by Crippen LogP contribution is 2.24. The molecule has 29 heavy (non-hydrogen) atoms. The van der Waals surface area contributed by atoms with Gasteiger partial charge in [0.1, 0.15) is 18.1 Å². The lowest BCUT2D eigenvalue weighted by Gasteiger charge is -2.15. The van der Waals surface area contributed by atoms with Gasteiger partial charge in [-0.3, -0.25) is 19.1 Å². The number of anilines is 1. The number of carbonyl (C=O) groups is 1. The summed E-state index contributed by atoms with van der Waals surface area (Å²) in [6.07, 6.45) is 3.21. The van der Waals surface area contributed by atoms with Crippen molar-refractivity contribution >= 4 is 11.6 Å². The third kappa shape index (κ3) is 5.05. The normalized spacial score (nSPS) is 10.6. The van der Waals surface area contributed by atoms with Crippen LogP contribution in [0.1, 0.15) is 12.6 Å². The maximum atomic E-state index is 12.7. The molecular formula is C21H22N4O4. The predicted molar refractivity (Wildman–Crippen MR) is 109 cm³/mol. The second kappa shape index (κ2) is 9.61. The van der Waals surface area contributed by atoms with E-state index < -0.39 is 0 Å². The van der Waals surface area contributed by atoms with Crippen molar-refractivity contribution in [3.8, 4) is 17.1 Å². The van der Waals surface area contributed by atoms with Crippen molar-refractivity contribution in [1.29, 1.82) is 0 Å². The van der Waals surface area contributed by atoms with Gasteiger partial charge in [-0.1, -0.05) is 12.1 Å². The molecule has 150 valence electrons. The van der Waals surface area contributed by atoms with Crippen LogP contribution in [0.3, 0.4) is 0 Å². The number of hydrogen-bond donors (Lipinski definition) is 1. The molecule has 0 radical (unpaired) electrons. The number of ether oxygens (including phenoxy) is 2. The number of rotatable bonds is 8. The van der Waals surface area contributed by atoms with E-state index in [0.717, 1.165) is 0 Å². The van der Waals surface area contributed by atoms with Crippen LogP contribution in [0, 0.1) is 0 Å². The Morgan fingerprint density at radius 1 is 1.17 bits per heavy atom. The molecular weight excluding hydrogens is 372 g/mol. The summed E-state index contributed by atoms with van der Waals surface area (Å²) in [4.78, 5) is 33.9. The molecule has 0 aliphatic rings. The van der Waals surface area contributed by atoms with Gasteiger partial charge in [-0.25, -0.2) is 4.98 Å². The third-order valence-electron chi connectivity index (χ3n) is 4.05. The average molecular weight is 394 g/mol. The molecule has 2 heterocycles. The number of nitrogens with one attached hydrogen (secondary N) is 1. The van der Waals surface area contributed by atoms with Crippen LogP contribution < -0.4 is 15.6 Å². The molecule has 8 nitrogen and oxygen atoms in total. The number of carbonyl (C=O) groups excluding carboxylic acids is 1. The van der Waals surface area contributed by atoms with E-state index in [4.69, 9.17) is 9.47 Å². The van der Waals surface area contributed by atoms with E-state index in [0.29, 0.717) is 35.1 Å². The van der Waals surface area contributed by atoms with Gasteiger partial charge in [0.25, 0.3) is 5.56 Å². The molecule has 1 N–H and O–H groups in total. The van der Waals surface area contributed by atoms with Crippen molar-refractivity contribution in [2.75, 3.05) is 19.0 Å². The molecule has 3 aromatic rings. The van der Waals surface area contributed by atoms with Crippen LogP contribution in [0.15, 0.2) is 59.7 Å². The Bertz CT molecular complexity index is 1030. The highest BCUT2D eigenvalue weighted by Gasteiger charge is 2.15. The molecule has 0 saturated carbocycles. The standard InChI is InChI=1S/C21H22N4O4/c1-3-29-18-7-5-4-6-17(18)24-19(26)13-25-20(27)12-16(14-28-2)23-21(25)15-8-10-22-11-9-15/h4-12H,3,13-14H2,1-2H3,(H,24,26). The summed E-state index contributed by atoms with van der Waals surface area (Å²) in [5.74, 6) is 0.578. The summed E-state index contributed by atoms with van der Waals surface area (Å²) < 4.78 is 12.0. The maximum Gasteiger partial charge on any atom is 0.254 e. The van der Waals surface area contributed by atoms with E-state index in [-0.39, 0.29) is 24.6 Å². The van der Waals surface area contributed by atoms with Gasteiger partial charge >= 0.3 is 0 Å². The third-order valence-corrected chi connectivity index (χ3v) is 4.05. The second-order valence-electron chi connectivity index (χ2n) is 6.14. The Hall–Kier alpha value is -3.52. The van der Waals surface area contributed by atoms with E-state index in [1.54, 1.807) is 42.7 Å². The Balaban J connectivity index is 1.92. The van der Waals surface area contributed by atoms with Crippen LogP contribution >= 0.6 is 0 Å². The monoisotopic (exact) mass is 394 g/mol. The minimum atomic E-state index is -0.365. The van der Waals surface area contributed by atoms with Crippen LogP contribution in [-0.2, 0) is 22.7 Å². The Morgan fingerprint density at radius 2 is 1.93 bits per heavy atom. The molecule has 8 heteroatoms. The van der Waals surface area contributed by atoms with Gasteiger partial charge in [0.2, 0.25) is 5.91 Å². The molecule has 1 aromatic carbocycles. The van der Waals surface area contributed by atoms with Crippen LogP contribution in [0.5, 0.6) is 5.75 Å². The van der Waals surface area contributed by atoms with Gasteiger partial charge in [0.05, 0.1) is 24.6 Å². The molecule has 0 aliphatic carbocycles. The van der Waals surface area contributed by atoms with Crippen molar-refractivity contribution in [2.45, 2.75) is 20.1 Å². The van der Waals surface area contributed by atoms with E-state index in [1.807, 2.05) is 13.0 Å². The molecule has 2 aromatic heterocycles. The maximum absolute atomic E-state index is 12.7. The molecule has 0 atom stereocenters. The zero-order valence-electron chi connectivity index (χ0n) is 16.3. The lowest BCUT2D eigenvalue weighted by Crippen LogP contribution is -2.30. The quantitative estimate of drug-likeness (QED) is 0.631. The number of hydrogen-bond acceptors (Lipinski definition) is 6. The number of nitrogens with zero attached hydrogens (tertiary/aromatic N) is 3. The lowest BCUT2D eigenvalue weighted by atomic mass is 10.2.